The molecule has 3 rings (SSSR count). The number of fused-ring (bicyclic) bond motifs is 1. The van der Waals surface area contributed by atoms with Gasteiger partial charge in [0.25, 0.3) is 5.91 Å². The Bertz CT molecular complexity index is 670. The lowest BCUT2D eigenvalue weighted by Crippen LogP contribution is -2.15. The van der Waals surface area contributed by atoms with Gasteiger partial charge >= 0.3 is 0 Å². The highest BCUT2D eigenvalue weighted by molar-refractivity contribution is 5.89. The number of aromatic nitrogens is 2. The van der Waals surface area contributed by atoms with E-state index in [4.69, 9.17) is 15.2 Å². The van der Waals surface area contributed by atoms with Gasteiger partial charge < -0.3 is 15.2 Å². The Hall–Kier alpha value is -2.63. The minimum atomic E-state index is -0.653. The topological polar surface area (TPSA) is 87.3 Å². The van der Waals surface area contributed by atoms with E-state index in [2.05, 4.69) is 9.97 Å². The molecule has 1 amide bonds. The van der Waals surface area contributed by atoms with Crippen LogP contribution in [0.2, 0.25) is 0 Å². The zero-order chi connectivity index (χ0) is 13.4. The van der Waals surface area contributed by atoms with Crippen molar-refractivity contribution in [2.45, 2.75) is 6.92 Å². The van der Waals surface area contributed by atoms with Crippen LogP contribution in [0, 0.1) is 6.92 Å². The molecule has 6 heteroatoms. The third-order valence-electron chi connectivity index (χ3n) is 2.87. The zero-order valence-corrected chi connectivity index (χ0v) is 10.2. The number of aryl methyl sites for hydroxylation is 1. The average molecular weight is 257 g/mol. The molecular weight excluding hydrogens is 246 g/mol. The summed E-state index contributed by atoms with van der Waals surface area (Å²) in [7, 11) is 0. The van der Waals surface area contributed by atoms with Gasteiger partial charge in [-0.1, -0.05) is 0 Å². The van der Waals surface area contributed by atoms with Crippen molar-refractivity contribution in [2.75, 3.05) is 6.79 Å². The molecule has 2 aromatic rings. The summed E-state index contributed by atoms with van der Waals surface area (Å²) in [6, 6.07) is 5.44. The molecule has 0 aliphatic carbocycles. The number of ether oxygens (including phenoxy) is 2. The van der Waals surface area contributed by atoms with E-state index >= 15 is 0 Å². The van der Waals surface area contributed by atoms with Gasteiger partial charge in [-0.15, -0.1) is 0 Å². The summed E-state index contributed by atoms with van der Waals surface area (Å²) in [5.41, 5.74) is 7.63. The van der Waals surface area contributed by atoms with Crippen LogP contribution in [0.25, 0.3) is 11.3 Å². The SMILES string of the molecule is Cc1cc2c(cc1-c1ccnc(C(N)=O)n1)OCO2. The third kappa shape index (κ3) is 1.97. The standard InChI is InChI=1S/C13H11N3O3/c1-7-4-10-11(19-6-18-10)5-8(7)9-2-3-15-13(16-9)12(14)17/h2-5H,6H2,1H3,(H2,14,17). The van der Waals surface area contributed by atoms with Gasteiger partial charge in [0, 0.05) is 11.8 Å². The first kappa shape index (κ1) is 11.5. The highest BCUT2D eigenvalue weighted by Gasteiger charge is 2.17. The maximum absolute atomic E-state index is 11.1. The molecule has 0 fully saturated rings. The van der Waals surface area contributed by atoms with Crippen molar-refractivity contribution in [3.8, 4) is 22.8 Å². The molecular formula is C13H11N3O3. The maximum atomic E-state index is 11.1. The number of rotatable bonds is 2. The van der Waals surface area contributed by atoms with Crippen molar-refractivity contribution in [3.05, 3.63) is 35.8 Å². The van der Waals surface area contributed by atoms with E-state index < -0.39 is 5.91 Å². The quantitative estimate of drug-likeness (QED) is 0.875. The highest BCUT2D eigenvalue weighted by Crippen LogP contribution is 2.37. The predicted octanol–water partition coefficient (Wildman–Crippen LogP) is 1.28. The van der Waals surface area contributed by atoms with Gasteiger partial charge in [0.2, 0.25) is 12.6 Å². The van der Waals surface area contributed by atoms with Gasteiger partial charge in [-0.2, -0.15) is 0 Å². The van der Waals surface area contributed by atoms with Gasteiger partial charge in [0.15, 0.2) is 11.5 Å². The van der Waals surface area contributed by atoms with Crippen molar-refractivity contribution < 1.29 is 14.3 Å². The van der Waals surface area contributed by atoms with Crippen LogP contribution in [0.3, 0.4) is 0 Å². The van der Waals surface area contributed by atoms with E-state index in [-0.39, 0.29) is 12.6 Å². The number of benzene rings is 1. The van der Waals surface area contributed by atoms with Crippen molar-refractivity contribution >= 4 is 5.91 Å². The molecule has 0 saturated carbocycles. The van der Waals surface area contributed by atoms with Gasteiger partial charge in [-0.25, -0.2) is 9.97 Å². The minimum absolute atomic E-state index is 0.00503. The van der Waals surface area contributed by atoms with Crippen molar-refractivity contribution in [1.82, 2.24) is 9.97 Å². The number of carbonyl (C=O) groups excluding carboxylic acids is 1. The molecule has 0 spiro atoms. The van der Waals surface area contributed by atoms with Gasteiger partial charge in [-0.05, 0) is 30.7 Å². The fourth-order valence-electron chi connectivity index (χ4n) is 1.95. The fourth-order valence-corrected chi connectivity index (χ4v) is 1.95. The molecule has 0 saturated heterocycles. The molecule has 0 unspecified atom stereocenters. The molecule has 1 aliphatic rings. The summed E-state index contributed by atoms with van der Waals surface area (Å²) < 4.78 is 10.6. The van der Waals surface area contributed by atoms with Crippen LogP contribution >= 0.6 is 0 Å². The van der Waals surface area contributed by atoms with Crippen LogP contribution in [0.4, 0.5) is 0 Å². The van der Waals surface area contributed by atoms with Gasteiger partial charge in [0.1, 0.15) is 0 Å². The van der Waals surface area contributed by atoms with Gasteiger partial charge in [0.05, 0.1) is 5.69 Å². The molecule has 19 heavy (non-hydrogen) atoms. The molecule has 96 valence electrons. The monoisotopic (exact) mass is 257 g/mol. The Morgan fingerprint density at radius 2 is 2.05 bits per heavy atom. The number of carbonyl (C=O) groups is 1. The second-order valence-electron chi connectivity index (χ2n) is 4.15. The van der Waals surface area contributed by atoms with Crippen LogP contribution in [-0.4, -0.2) is 22.7 Å². The van der Waals surface area contributed by atoms with Crippen LogP contribution in [0.1, 0.15) is 16.2 Å². The molecule has 6 nitrogen and oxygen atoms in total. The van der Waals surface area contributed by atoms with E-state index in [0.717, 1.165) is 11.1 Å². The summed E-state index contributed by atoms with van der Waals surface area (Å²) in [4.78, 5) is 19.1. The second kappa shape index (κ2) is 4.24. The van der Waals surface area contributed by atoms with E-state index in [1.165, 1.54) is 6.20 Å². The minimum Gasteiger partial charge on any atom is -0.454 e. The smallest absolute Gasteiger partial charge is 0.286 e. The third-order valence-corrected chi connectivity index (χ3v) is 2.87. The molecule has 0 radical (unpaired) electrons. The maximum Gasteiger partial charge on any atom is 0.286 e. The molecule has 1 aromatic heterocycles. The Balaban J connectivity index is 2.12. The molecule has 0 atom stereocenters. The number of nitrogens with two attached hydrogens (primary N) is 1. The van der Waals surface area contributed by atoms with Crippen LogP contribution < -0.4 is 15.2 Å². The average Bonchev–Trinajstić information content (AvgIpc) is 2.85. The molecule has 1 aromatic carbocycles. The number of hydrogen-bond donors (Lipinski definition) is 1. The Kier molecular flexibility index (Phi) is 2.56. The molecule has 0 bridgehead atoms. The number of amides is 1. The zero-order valence-electron chi connectivity index (χ0n) is 10.2. The Labute approximate surface area is 109 Å². The first-order chi connectivity index (χ1) is 9.15. The van der Waals surface area contributed by atoms with Crippen LogP contribution in [-0.2, 0) is 0 Å². The highest BCUT2D eigenvalue weighted by atomic mass is 16.7. The Morgan fingerprint density at radius 1 is 1.32 bits per heavy atom. The van der Waals surface area contributed by atoms with E-state index in [9.17, 15) is 4.79 Å². The molecule has 2 heterocycles. The summed E-state index contributed by atoms with van der Waals surface area (Å²) in [5.74, 6) is 0.722. The number of hydrogen-bond acceptors (Lipinski definition) is 5. The number of primary amides is 1. The van der Waals surface area contributed by atoms with Crippen LogP contribution in [0.15, 0.2) is 24.4 Å². The van der Waals surface area contributed by atoms with Crippen LogP contribution in [0.5, 0.6) is 11.5 Å². The van der Waals surface area contributed by atoms with E-state index in [1.54, 1.807) is 6.07 Å². The first-order valence-corrected chi connectivity index (χ1v) is 5.68. The lowest BCUT2D eigenvalue weighted by molar-refractivity contribution is 0.0990. The lowest BCUT2D eigenvalue weighted by atomic mass is 10.0. The van der Waals surface area contributed by atoms with Gasteiger partial charge in [-0.3, -0.25) is 4.79 Å². The van der Waals surface area contributed by atoms with Crippen molar-refractivity contribution in [2.24, 2.45) is 5.73 Å². The normalized spacial score (nSPS) is 12.5. The summed E-state index contributed by atoms with van der Waals surface area (Å²) in [6.07, 6.45) is 1.51. The summed E-state index contributed by atoms with van der Waals surface area (Å²) in [6.45, 7) is 2.15. The molecule has 2 N–H and O–H groups in total. The fraction of sp³-hybridized carbons (Fsp3) is 0.154. The largest absolute Gasteiger partial charge is 0.454 e. The van der Waals surface area contributed by atoms with E-state index in [1.807, 2.05) is 19.1 Å². The van der Waals surface area contributed by atoms with Crippen molar-refractivity contribution in [1.29, 1.82) is 0 Å². The Morgan fingerprint density at radius 3 is 2.79 bits per heavy atom. The second-order valence-corrected chi connectivity index (χ2v) is 4.15. The van der Waals surface area contributed by atoms with E-state index in [0.29, 0.717) is 17.2 Å². The lowest BCUT2D eigenvalue weighted by Gasteiger charge is -2.07. The summed E-state index contributed by atoms with van der Waals surface area (Å²) >= 11 is 0. The van der Waals surface area contributed by atoms with Crippen molar-refractivity contribution in [3.63, 3.8) is 0 Å². The predicted molar refractivity (Wildman–Crippen MR) is 66.8 cm³/mol. The molecule has 1 aliphatic heterocycles. The summed E-state index contributed by atoms with van der Waals surface area (Å²) in [5, 5.41) is 0. The first-order valence-electron chi connectivity index (χ1n) is 5.68. The number of nitrogens with zero attached hydrogens (tertiary/aromatic N) is 2.